The van der Waals surface area contributed by atoms with E-state index in [0.29, 0.717) is 0 Å². The van der Waals surface area contributed by atoms with Gasteiger partial charge in [0.05, 0.1) is 0 Å². The van der Waals surface area contributed by atoms with Crippen LogP contribution in [0.2, 0.25) is 0 Å². The van der Waals surface area contributed by atoms with E-state index in [1.54, 1.807) is 0 Å². The van der Waals surface area contributed by atoms with Gasteiger partial charge < -0.3 is 0 Å². The van der Waals surface area contributed by atoms with Gasteiger partial charge >= 0.3 is 0 Å². The highest BCUT2D eigenvalue weighted by Crippen LogP contribution is 2.58. The van der Waals surface area contributed by atoms with Crippen LogP contribution in [0, 0.1) is 0 Å². The third-order valence-electron chi connectivity index (χ3n) is 13.0. The van der Waals surface area contributed by atoms with E-state index in [0.717, 1.165) is 0 Å². The minimum atomic E-state index is 0.0371. The first-order chi connectivity index (χ1) is 26.2. The molecule has 53 heavy (non-hydrogen) atoms. The van der Waals surface area contributed by atoms with Gasteiger partial charge in [-0.2, -0.15) is 0 Å². The fourth-order valence-electron chi connectivity index (χ4n) is 10.5. The van der Waals surface area contributed by atoms with Gasteiger partial charge in [0.25, 0.3) is 0 Å². The van der Waals surface area contributed by atoms with Gasteiger partial charge in [-0.3, -0.25) is 0 Å². The van der Waals surface area contributed by atoms with Crippen molar-refractivity contribution < 1.29 is 0 Å². The predicted octanol–water partition coefficient (Wildman–Crippen LogP) is 14.8. The molecule has 0 aromatic heterocycles. The molecule has 0 bridgehead atoms. The van der Waals surface area contributed by atoms with E-state index in [2.05, 4.69) is 170 Å². The van der Waals surface area contributed by atoms with Crippen molar-refractivity contribution in [3.63, 3.8) is 0 Å². The van der Waals surface area contributed by atoms with E-state index in [-0.39, 0.29) is 5.41 Å². The molecule has 0 radical (unpaired) electrons. The van der Waals surface area contributed by atoms with Crippen LogP contribution < -0.4 is 0 Å². The number of benzene rings is 10. The molecule has 2 aliphatic carbocycles. The monoisotopic (exact) mass is 672 g/mol. The van der Waals surface area contributed by atoms with Gasteiger partial charge in [0.2, 0.25) is 0 Å². The summed E-state index contributed by atoms with van der Waals surface area (Å²) in [5.41, 5.74) is 11.2. The minimum Gasteiger partial charge on any atom is -0.0616 e. The lowest BCUT2D eigenvalue weighted by atomic mass is 9.75. The lowest BCUT2D eigenvalue weighted by Gasteiger charge is -2.27. The largest absolute Gasteiger partial charge is 0.0616 e. The maximum atomic E-state index is 2.58. The Morgan fingerprint density at radius 1 is 0.283 bits per heavy atom. The van der Waals surface area contributed by atoms with Crippen LogP contribution in [-0.4, -0.2) is 0 Å². The summed E-state index contributed by atoms with van der Waals surface area (Å²) in [4.78, 5) is 0. The second kappa shape index (κ2) is 10.9. The zero-order chi connectivity index (χ0) is 34.7. The fraction of sp³-hybridized carbons (Fsp3) is 0.0943. The number of rotatable bonds is 2. The van der Waals surface area contributed by atoms with E-state index < -0.39 is 0 Å². The van der Waals surface area contributed by atoms with Crippen molar-refractivity contribution in [2.45, 2.75) is 31.1 Å². The number of hydrogen-bond acceptors (Lipinski definition) is 0. The molecule has 1 saturated carbocycles. The van der Waals surface area contributed by atoms with Crippen LogP contribution in [-0.2, 0) is 5.41 Å². The molecule has 248 valence electrons. The maximum absolute atomic E-state index is 2.58. The molecule has 0 nitrogen and oxygen atoms in total. The fourth-order valence-corrected chi connectivity index (χ4v) is 10.5. The van der Waals surface area contributed by atoms with E-state index in [1.165, 1.54) is 135 Å². The second-order valence-electron chi connectivity index (χ2n) is 15.5. The molecule has 10 aromatic rings. The van der Waals surface area contributed by atoms with Gasteiger partial charge in [-0.15, -0.1) is 0 Å². The highest BCUT2D eigenvalue weighted by molar-refractivity contribution is 6.22. The van der Waals surface area contributed by atoms with E-state index in [9.17, 15) is 0 Å². The third-order valence-corrected chi connectivity index (χ3v) is 13.0. The van der Waals surface area contributed by atoms with Crippen LogP contribution in [0.4, 0.5) is 0 Å². The van der Waals surface area contributed by atoms with Crippen LogP contribution in [0.15, 0.2) is 170 Å². The van der Waals surface area contributed by atoms with Crippen molar-refractivity contribution in [1.29, 1.82) is 0 Å². The van der Waals surface area contributed by atoms with E-state index in [1.807, 2.05) is 0 Å². The zero-order valence-electron chi connectivity index (χ0n) is 29.5. The molecule has 0 heterocycles. The lowest BCUT2D eigenvalue weighted by molar-refractivity contribution is 0.550. The Hall–Kier alpha value is -6.24. The average molecular weight is 673 g/mol. The SMILES string of the molecule is c1ccc2c(c1)ccc1c3ccccc3c(-c3ccc4c(c3)C3(CCCC3)c3cc(-c5cc6c7ccccc7ccc6c6ccccc56)ccc3-4)cc21. The molecule has 0 heteroatoms. The summed E-state index contributed by atoms with van der Waals surface area (Å²) in [7, 11) is 0. The summed E-state index contributed by atoms with van der Waals surface area (Å²) in [6.07, 6.45) is 4.94. The predicted molar refractivity (Wildman–Crippen MR) is 227 cm³/mol. The Kier molecular flexibility index (Phi) is 6.03. The molecular weight excluding hydrogens is 637 g/mol. The first-order valence-corrected chi connectivity index (χ1v) is 19.2. The van der Waals surface area contributed by atoms with Crippen molar-refractivity contribution in [2.24, 2.45) is 0 Å². The molecule has 1 fully saturated rings. The first kappa shape index (κ1) is 29.3. The molecule has 0 amide bonds. The summed E-state index contributed by atoms with van der Waals surface area (Å²) < 4.78 is 0. The van der Waals surface area contributed by atoms with Gasteiger partial charge in [0, 0.05) is 5.41 Å². The number of fused-ring (bicyclic) bond motifs is 15. The Morgan fingerprint density at radius 2 is 0.679 bits per heavy atom. The quantitative estimate of drug-likeness (QED) is 0.160. The molecule has 0 atom stereocenters. The Bertz CT molecular complexity index is 2960. The molecule has 0 saturated heterocycles. The third kappa shape index (κ3) is 4.07. The number of hydrogen-bond donors (Lipinski definition) is 0. The molecule has 0 unspecified atom stereocenters. The standard InChI is InChI=1S/C53H36/c1-3-13-37-33(11-1)19-23-43-39-15-5-7-17-41(39)47(31-49(37)43)35-21-25-45-46-26-22-36(30-52(46)53(51(45)29-35)27-9-10-28-53)48-32-50-38-14-4-2-12-34(38)20-24-44(50)40-16-6-8-18-42(40)48/h1-8,11-26,29-32H,9-10,27-28H2. The van der Waals surface area contributed by atoms with Gasteiger partial charge in [0.1, 0.15) is 0 Å². The maximum Gasteiger partial charge on any atom is 0.0215 e. The van der Waals surface area contributed by atoms with Gasteiger partial charge in [-0.1, -0.05) is 158 Å². The van der Waals surface area contributed by atoms with Gasteiger partial charge in [-0.05, 0) is 146 Å². The Morgan fingerprint density at radius 3 is 1.15 bits per heavy atom. The van der Waals surface area contributed by atoms with Crippen molar-refractivity contribution in [1.82, 2.24) is 0 Å². The highest BCUT2D eigenvalue weighted by Gasteiger charge is 2.45. The molecule has 2 aliphatic rings. The minimum absolute atomic E-state index is 0.0371. The van der Waals surface area contributed by atoms with E-state index >= 15 is 0 Å². The average Bonchev–Trinajstić information content (AvgIpc) is 3.83. The first-order valence-electron chi connectivity index (χ1n) is 19.2. The summed E-state index contributed by atoms with van der Waals surface area (Å²) in [5.74, 6) is 0. The van der Waals surface area contributed by atoms with Crippen LogP contribution in [0.3, 0.4) is 0 Å². The Balaban J connectivity index is 1.07. The van der Waals surface area contributed by atoms with Gasteiger partial charge in [-0.25, -0.2) is 0 Å². The van der Waals surface area contributed by atoms with Crippen molar-refractivity contribution >= 4 is 64.6 Å². The lowest BCUT2D eigenvalue weighted by Crippen LogP contribution is -2.20. The zero-order valence-corrected chi connectivity index (χ0v) is 29.5. The second-order valence-corrected chi connectivity index (χ2v) is 15.5. The molecule has 10 aromatic carbocycles. The summed E-state index contributed by atoms with van der Waals surface area (Å²) in [6, 6.07) is 64.6. The molecule has 0 aliphatic heterocycles. The molecule has 12 rings (SSSR count). The smallest absolute Gasteiger partial charge is 0.0215 e. The summed E-state index contributed by atoms with van der Waals surface area (Å²) >= 11 is 0. The molecule has 1 spiro atoms. The summed E-state index contributed by atoms with van der Waals surface area (Å²) in [5, 5.41) is 15.8. The van der Waals surface area contributed by atoms with Gasteiger partial charge in [0.15, 0.2) is 0 Å². The van der Waals surface area contributed by atoms with Crippen molar-refractivity contribution in [2.75, 3.05) is 0 Å². The van der Waals surface area contributed by atoms with Crippen LogP contribution >= 0.6 is 0 Å². The molecular formula is C53H36. The van der Waals surface area contributed by atoms with Crippen molar-refractivity contribution in [3.8, 4) is 33.4 Å². The van der Waals surface area contributed by atoms with Crippen LogP contribution in [0.25, 0.3) is 98.0 Å². The van der Waals surface area contributed by atoms with Crippen LogP contribution in [0.5, 0.6) is 0 Å². The van der Waals surface area contributed by atoms with Crippen LogP contribution in [0.1, 0.15) is 36.8 Å². The topological polar surface area (TPSA) is 0 Å². The van der Waals surface area contributed by atoms with Crippen molar-refractivity contribution in [3.05, 3.63) is 181 Å². The normalized spacial score (nSPS) is 14.6. The summed E-state index contributed by atoms with van der Waals surface area (Å²) in [6.45, 7) is 0. The Labute approximate surface area is 309 Å². The highest BCUT2D eigenvalue weighted by atomic mass is 14.5. The van der Waals surface area contributed by atoms with E-state index in [4.69, 9.17) is 0 Å². The molecule has 0 N–H and O–H groups in total.